The number of rotatable bonds is 10. The maximum absolute atomic E-state index is 13.8. The highest BCUT2D eigenvalue weighted by Gasteiger charge is 2.48. The molecule has 0 heterocycles. The van der Waals surface area contributed by atoms with Crippen LogP contribution in [0.25, 0.3) is 0 Å². The highest BCUT2D eigenvalue weighted by molar-refractivity contribution is 9.10. The van der Waals surface area contributed by atoms with Gasteiger partial charge in [-0.1, -0.05) is 41.9 Å². The number of nitriles is 1. The first kappa shape index (κ1) is 24.8. The van der Waals surface area contributed by atoms with Crippen LogP contribution in [0.1, 0.15) is 44.7 Å². The Balaban J connectivity index is 2.34. The Kier molecular flexibility index (Phi) is 7.75. The van der Waals surface area contributed by atoms with Crippen LogP contribution in [0.3, 0.4) is 0 Å². The smallest absolute Gasteiger partial charge is 0.298 e. The number of ketones is 1. The van der Waals surface area contributed by atoms with Crippen LogP contribution in [0, 0.1) is 22.7 Å². The third-order valence-corrected chi connectivity index (χ3v) is 7.44. The van der Waals surface area contributed by atoms with Crippen molar-refractivity contribution in [2.24, 2.45) is 11.3 Å². The molecule has 0 amide bonds. The van der Waals surface area contributed by atoms with E-state index in [1.165, 1.54) is 24.3 Å². The van der Waals surface area contributed by atoms with Gasteiger partial charge >= 0.3 is 6.18 Å². The highest BCUT2D eigenvalue weighted by Crippen LogP contribution is 2.48. The molecule has 1 aliphatic carbocycles. The molecule has 30 heavy (non-hydrogen) atoms. The summed E-state index contributed by atoms with van der Waals surface area (Å²) in [4.78, 5) is 12.8. The van der Waals surface area contributed by atoms with Gasteiger partial charge in [-0.05, 0) is 36.5 Å². The molecule has 0 radical (unpaired) electrons. The lowest BCUT2D eigenvalue weighted by atomic mass is 9.96. The molecule has 5 nitrogen and oxygen atoms in total. The van der Waals surface area contributed by atoms with Crippen molar-refractivity contribution in [2.75, 3.05) is 11.5 Å². The fraction of sp³-hybridized carbons (Fsp3) is 0.600. The summed E-state index contributed by atoms with van der Waals surface area (Å²) in [5, 5.41) is 11.5. The van der Waals surface area contributed by atoms with E-state index in [2.05, 4.69) is 21.2 Å². The van der Waals surface area contributed by atoms with Gasteiger partial charge < -0.3 is 0 Å². The van der Waals surface area contributed by atoms with Crippen molar-refractivity contribution in [1.82, 2.24) is 5.32 Å². The van der Waals surface area contributed by atoms with Crippen molar-refractivity contribution in [1.29, 1.82) is 5.26 Å². The molecule has 0 unspecified atom stereocenters. The maximum atomic E-state index is 13.8. The molecule has 0 saturated heterocycles. The molecular formula is C20H24BrF3N2O3S. The number of sulfone groups is 1. The van der Waals surface area contributed by atoms with Crippen LogP contribution in [-0.4, -0.2) is 37.9 Å². The summed E-state index contributed by atoms with van der Waals surface area (Å²) >= 11 is 3.16. The second kappa shape index (κ2) is 9.37. The average molecular weight is 509 g/mol. The maximum Gasteiger partial charge on any atom is 0.407 e. The quantitative estimate of drug-likeness (QED) is 0.507. The van der Waals surface area contributed by atoms with Gasteiger partial charge in [0.05, 0.1) is 29.0 Å². The number of benzene rings is 1. The van der Waals surface area contributed by atoms with Crippen LogP contribution in [0.4, 0.5) is 13.2 Å². The van der Waals surface area contributed by atoms with Gasteiger partial charge in [-0.15, -0.1) is 0 Å². The van der Waals surface area contributed by atoms with Crippen molar-refractivity contribution in [3.05, 3.63) is 34.3 Å². The van der Waals surface area contributed by atoms with Gasteiger partial charge in [0.2, 0.25) is 0 Å². The zero-order chi connectivity index (χ0) is 22.7. The summed E-state index contributed by atoms with van der Waals surface area (Å²) in [5.74, 6) is -1.90. The molecule has 0 aromatic heterocycles. The van der Waals surface area contributed by atoms with E-state index < -0.39 is 45.0 Å². The van der Waals surface area contributed by atoms with E-state index in [-0.39, 0.29) is 23.7 Å². The molecule has 10 heteroatoms. The number of Topliss-reactive ketones (excluding diaryl/α,β-unsaturated/α-hetero) is 1. The molecule has 166 valence electrons. The summed E-state index contributed by atoms with van der Waals surface area (Å²) in [6.07, 6.45) is -4.05. The molecule has 0 aliphatic heterocycles. The molecule has 1 saturated carbocycles. The van der Waals surface area contributed by atoms with Gasteiger partial charge in [-0.2, -0.15) is 18.4 Å². The third-order valence-electron chi connectivity index (χ3n) is 4.90. The van der Waals surface area contributed by atoms with E-state index in [1.54, 1.807) is 13.8 Å². The number of hydrogen-bond acceptors (Lipinski definition) is 5. The zero-order valence-corrected chi connectivity index (χ0v) is 19.1. The lowest BCUT2D eigenvalue weighted by Gasteiger charge is -2.28. The number of halogens is 4. The van der Waals surface area contributed by atoms with E-state index in [9.17, 15) is 31.6 Å². The minimum absolute atomic E-state index is 0.133. The zero-order valence-electron chi connectivity index (χ0n) is 16.7. The highest BCUT2D eigenvalue weighted by atomic mass is 79.9. The summed E-state index contributed by atoms with van der Waals surface area (Å²) in [6, 6.07) is 3.66. The van der Waals surface area contributed by atoms with Gasteiger partial charge in [0.15, 0.2) is 15.6 Å². The van der Waals surface area contributed by atoms with E-state index in [0.29, 0.717) is 17.3 Å². The van der Waals surface area contributed by atoms with Gasteiger partial charge in [0.1, 0.15) is 6.04 Å². The first-order valence-corrected chi connectivity index (χ1v) is 12.1. The van der Waals surface area contributed by atoms with E-state index in [1.807, 2.05) is 6.07 Å². The minimum Gasteiger partial charge on any atom is -0.298 e. The number of carbonyl (C=O) groups is 1. The molecule has 0 spiro atoms. The largest absolute Gasteiger partial charge is 0.407 e. The van der Waals surface area contributed by atoms with Crippen LogP contribution in [-0.2, 0) is 14.6 Å². The first-order chi connectivity index (χ1) is 13.8. The first-order valence-electron chi connectivity index (χ1n) is 9.49. The van der Waals surface area contributed by atoms with Gasteiger partial charge in [0, 0.05) is 10.9 Å². The molecule has 0 bridgehead atoms. The van der Waals surface area contributed by atoms with Crippen molar-refractivity contribution in [3.8, 4) is 6.07 Å². The van der Waals surface area contributed by atoms with Crippen LogP contribution < -0.4 is 5.32 Å². The standard InChI is InChI=1S/C20H24BrF3N2O3S/c1-13(2)10-30(28,29)11-16(17(27)9-19(12-25)7-8-19)26-18(20(22,23)24)14-3-5-15(21)6-4-14/h3-6,13,16,18,26H,7-11H2,1-2H3/t16-,18-/m0/s1. The van der Waals surface area contributed by atoms with E-state index >= 15 is 0 Å². The van der Waals surface area contributed by atoms with Crippen LogP contribution in [0.5, 0.6) is 0 Å². The topological polar surface area (TPSA) is 87.0 Å². The molecular weight excluding hydrogens is 485 g/mol. The monoisotopic (exact) mass is 508 g/mol. The fourth-order valence-corrected chi connectivity index (χ4v) is 5.44. The lowest BCUT2D eigenvalue weighted by Crippen LogP contribution is -2.49. The van der Waals surface area contributed by atoms with Crippen molar-refractivity contribution < 1.29 is 26.4 Å². The normalized spacial score (nSPS) is 17.9. The Labute approximate surface area is 183 Å². The molecule has 2 atom stereocenters. The molecule has 1 aliphatic rings. The van der Waals surface area contributed by atoms with Gasteiger partial charge in [-0.25, -0.2) is 8.42 Å². The van der Waals surface area contributed by atoms with Crippen LogP contribution >= 0.6 is 15.9 Å². The average Bonchev–Trinajstić information content (AvgIpc) is 3.37. The van der Waals surface area contributed by atoms with E-state index in [4.69, 9.17) is 0 Å². The fourth-order valence-electron chi connectivity index (χ4n) is 3.24. The van der Waals surface area contributed by atoms with Crippen molar-refractivity contribution in [2.45, 2.75) is 51.4 Å². The Morgan fingerprint density at radius 1 is 1.23 bits per heavy atom. The van der Waals surface area contributed by atoms with E-state index in [0.717, 1.165) is 0 Å². The Hall–Kier alpha value is -1.44. The lowest BCUT2D eigenvalue weighted by molar-refractivity contribution is -0.160. The number of carbonyl (C=O) groups excluding carboxylic acids is 1. The van der Waals surface area contributed by atoms with Crippen LogP contribution in [0.2, 0.25) is 0 Å². The molecule has 2 rings (SSSR count). The number of hydrogen-bond donors (Lipinski definition) is 1. The Morgan fingerprint density at radius 3 is 2.23 bits per heavy atom. The van der Waals surface area contributed by atoms with Gasteiger partial charge in [-0.3, -0.25) is 10.1 Å². The van der Waals surface area contributed by atoms with Crippen LogP contribution in [0.15, 0.2) is 28.7 Å². The molecule has 1 aromatic carbocycles. The Morgan fingerprint density at radius 2 is 1.80 bits per heavy atom. The summed E-state index contributed by atoms with van der Waals surface area (Å²) in [5.41, 5.74) is -1.02. The number of alkyl halides is 3. The number of nitrogens with zero attached hydrogens (tertiary/aromatic N) is 1. The summed E-state index contributed by atoms with van der Waals surface area (Å²) < 4.78 is 66.9. The molecule has 1 N–H and O–H groups in total. The van der Waals surface area contributed by atoms with Gasteiger partial charge in [0.25, 0.3) is 0 Å². The van der Waals surface area contributed by atoms with Crippen molar-refractivity contribution >= 4 is 31.6 Å². The Bertz CT molecular complexity index is 905. The second-order valence-electron chi connectivity index (χ2n) is 8.25. The summed E-state index contributed by atoms with van der Waals surface area (Å²) in [6.45, 7) is 3.36. The minimum atomic E-state index is -4.75. The third kappa shape index (κ3) is 7.06. The number of nitrogens with one attached hydrogen (secondary N) is 1. The second-order valence-corrected chi connectivity index (χ2v) is 11.3. The predicted molar refractivity (Wildman–Crippen MR) is 110 cm³/mol. The summed E-state index contributed by atoms with van der Waals surface area (Å²) in [7, 11) is -3.79. The van der Waals surface area contributed by atoms with Crippen molar-refractivity contribution in [3.63, 3.8) is 0 Å². The molecule has 1 fully saturated rings. The predicted octanol–water partition coefficient (Wildman–Crippen LogP) is 4.34. The SMILES string of the molecule is CC(C)CS(=O)(=O)C[C@H](N[C@@H](c1ccc(Br)cc1)C(F)(F)F)C(=O)CC1(C#N)CC1. The molecule has 1 aromatic rings.